The van der Waals surface area contributed by atoms with Gasteiger partial charge >= 0.3 is 0 Å². The Hall–Kier alpha value is -0.130. The number of hydrogen-bond donors (Lipinski definition) is 2. The molecule has 0 aromatic rings. The molecule has 0 aliphatic carbocycles. The molecule has 5 heteroatoms. The van der Waals surface area contributed by atoms with E-state index in [2.05, 4.69) is 10.0 Å². The zero-order chi connectivity index (χ0) is 8.48. The minimum absolute atomic E-state index is 0.0127. The van der Waals surface area contributed by atoms with E-state index in [1.165, 1.54) is 6.26 Å². The second-order valence-corrected chi connectivity index (χ2v) is 4.81. The summed E-state index contributed by atoms with van der Waals surface area (Å²) in [5.41, 5.74) is 0. The highest BCUT2D eigenvalue weighted by Crippen LogP contribution is 2.06. The maximum Gasteiger partial charge on any atom is 0.208 e. The van der Waals surface area contributed by atoms with Gasteiger partial charge < -0.3 is 5.32 Å². The summed E-state index contributed by atoms with van der Waals surface area (Å²) in [4.78, 5) is 0. The highest BCUT2D eigenvalue weighted by molar-refractivity contribution is 7.88. The molecule has 1 aliphatic heterocycles. The second-order valence-electron chi connectivity index (χ2n) is 3.03. The van der Waals surface area contributed by atoms with Crippen molar-refractivity contribution >= 4 is 10.0 Å². The van der Waals surface area contributed by atoms with E-state index in [0.29, 0.717) is 6.04 Å². The summed E-state index contributed by atoms with van der Waals surface area (Å²) in [5, 5.41) is 3.14. The highest BCUT2D eigenvalue weighted by Gasteiger charge is 2.24. The molecule has 0 spiro atoms. The Morgan fingerprint density at radius 2 is 2.18 bits per heavy atom. The fourth-order valence-corrected chi connectivity index (χ4v) is 2.00. The molecule has 2 N–H and O–H groups in total. The van der Waals surface area contributed by atoms with Gasteiger partial charge in [0.05, 0.1) is 6.26 Å². The normalized spacial score (nSPS) is 27.6. The molecule has 1 rings (SSSR count). The maximum absolute atomic E-state index is 10.7. The molecule has 0 aromatic heterocycles. The molecule has 1 saturated heterocycles. The van der Waals surface area contributed by atoms with Crippen LogP contribution in [0, 0.1) is 0 Å². The summed E-state index contributed by atoms with van der Waals surface area (Å²) in [5.74, 6) is 0. The second kappa shape index (κ2) is 3.08. The van der Waals surface area contributed by atoms with E-state index in [1.54, 1.807) is 0 Å². The fraction of sp³-hybridized carbons (Fsp3) is 1.00. The first-order valence-electron chi connectivity index (χ1n) is 3.70. The van der Waals surface area contributed by atoms with Crippen molar-refractivity contribution in [2.24, 2.45) is 0 Å². The van der Waals surface area contributed by atoms with Crippen molar-refractivity contribution in [2.45, 2.75) is 25.4 Å². The van der Waals surface area contributed by atoms with Crippen LogP contribution in [0.4, 0.5) is 0 Å². The first kappa shape index (κ1) is 8.96. The quantitative estimate of drug-likeness (QED) is 0.600. The van der Waals surface area contributed by atoms with Crippen LogP contribution < -0.4 is 10.0 Å². The Morgan fingerprint density at radius 1 is 1.64 bits per heavy atom. The Bertz CT molecular complexity index is 221. The lowest BCUT2D eigenvalue weighted by molar-refractivity contribution is 0.314. The summed E-state index contributed by atoms with van der Waals surface area (Å²) >= 11 is 0. The SMILES string of the molecule is CC(NS(C)(=O)=O)[C@@H]1CCN1. The number of rotatable bonds is 3. The van der Waals surface area contributed by atoms with Gasteiger partial charge in [0.1, 0.15) is 0 Å². The van der Waals surface area contributed by atoms with Gasteiger partial charge in [-0.3, -0.25) is 0 Å². The van der Waals surface area contributed by atoms with E-state index in [4.69, 9.17) is 0 Å². The van der Waals surface area contributed by atoms with Crippen LogP contribution in [-0.2, 0) is 10.0 Å². The maximum atomic E-state index is 10.7. The van der Waals surface area contributed by atoms with Crippen LogP contribution in [0.15, 0.2) is 0 Å². The van der Waals surface area contributed by atoms with Crippen molar-refractivity contribution in [3.63, 3.8) is 0 Å². The first-order chi connectivity index (χ1) is 4.99. The minimum Gasteiger partial charge on any atom is -0.312 e. The van der Waals surface area contributed by atoms with Crippen molar-refractivity contribution in [3.8, 4) is 0 Å². The summed E-state index contributed by atoms with van der Waals surface area (Å²) in [6.45, 7) is 2.87. The lowest BCUT2D eigenvalue weighted by Crippen LogP contribution is -2.55. The predicted octanol–water partition coefficient (Wildman–Crippen LogP) is -0.714. The third kappa shape index (κ3) is 2.76. The molecule has 0 amide bonds. The van der Waals surface area contributed by atoms with Crippen LogP contribution in [0.3, 0.4) is 0 Å². The van der Waals surface area contributed by atoms with Gasteiger partial charge in [0.2, 0.25) is 10.0 Å². The molecule has 2 atom stereocenters. The molecule has 1 aliphatic rings. The van der Waals surface area contributed by atoms with E-state index < -0.39 is 10.0 Å². The van der Waals surface area contributed by atoms with Crippen molar-refractivity contribution in [1.29, 1.82) is 0 Å². The van der Waals surface area contributed by atoms with Gasteiger partial charge in [0.15, 0.2) is 0 Å². The van der Waals surface area contributed by atoms with E-state index >= 15 is 0 Å². The lowest BCUT2D eigenvalue weighted by Gasteiger charge is -2.32. The molecule has 1 fully saturated rings. The van der Waals surface area contributed by atoms with E-state index in [0.717, 1.165) is 13.0 Å². The Balaban J connectivity index is 2.36. The number of nitrogens with one attached hydrogen (secondary N) is 2. The van der Waals surface area contributed by atoms with Crippen LogP contribution in [-0.4, -0.2) is 33.3 Å². The van der Waals surface area contributed by atoms with Gasteiger partial charge in [0.25, 0.3) is 0 Å². The van der Waals surface area contributed by atoms with Crippen LogP contribution in [0.5, 0.6) is 0 Å². The molecule has 1 unspecified atom stereocenters. The van der Waals surface area contributed by atoms with Gasteiger partial charge in [-0.1, -0.05) is 0 Å². The third-order valence-corrected chi connectivity index (χ3v) is 2.67. The molecule has 0 saturated carbocycles. The first-order valence-corrected chi connectivity index (χ1v) is 5.59. The third-order valence-electron chi connectivity index (χ3n) is 1.87. The van der Waals surface area contributed by atoms with Crippen LogP contribution in [0.25, 0.3) is 0 Å². The number of hydrogen-bond acceptors (Lipinski definition) is 3. The smallest absolute Gasteiger partial charge is 0.208 e. The molecule has 0 radical (unpaired) electrons. The molecule has 66 valence electrons. The molecule has 11 heavy (non-hydrogen) atoms. The summed E-state index contributed by atoms with van der Waals surface area (Å²) in [6, 6.07) is 0.337. The summed E-state index contributed by atoms with van der Waals surface area (Å²) in [6.07, 6.45) is 2.24. The van der Waals surface area contributed by atoms with Crippen molar-refractivity contribution in [1.82, 2.24) is 10.0 Å². The Morgan fingerprint density at radius 3 is 2.45 bits per heavy atom. The zero-order valence-electron chi connectivity index (χ0n) is 6.79. The van der Waals surface area contributed by atoms with Crippen molar-refractivity contribution in [3.05, 3.63) is 0 Å². The molecular formula is C6H14N2O2S. The van der Waals surface area contributed by atoms with Crippen molar-refractivity contribution < 1.29 is 8.42 Å². The predicted molar refractivity (Wildman–Crippen MR) is 43.8 cm³/mol. The molecule has 0 bridgehead atoms. The van der Waals surface area contributed by atoms with Crippen LogP contribution in [0.1, 0.15) is 13.3 Å². The van der Waals surface area contributed by atoms with Crippen molar-refractivity contribution in [2.75, 3.05) is 12.8 Å². The fourth-order valence-electron chi connectivity index (χ4n) is 1.16. The molecule has 1 heterocycles. The topological polar surface area (TPSA) is 58.2 Å². The van der Waals surface area contributed by atoms with Gasteiger partial charge in [-0.25, -0.2) is 13.1 Å². The highest BCUT2D eigenvalue weighted by atomic mass is 32.2. The minimum atomic E-state index is -3.03. The van der Waals surface area contributed by atoms with Crippen LogP contribution >= 0.6 is 0 Å². The summed E-state index contributed by atoms with van der Waals surface area (Å²) < 4.78 is 24.0. The van der Waals surface area contributed by atoms with Gasteiger partial charge in [0, 0.05) is 12.1 Å². The van der Waals surface area contributed by atoms with E-state index in [1.807, 2.05) is 6.92 Å². The number of sulfonamides is 1. The average molecular weight is 178 g/mol. The Kier molecular flexibility index (Phi) is 2.51. The lowest BCUT2D eigenvalue weighted by atomic mass is 10.0. The van der Waals surface area contributed by atoms with E-state index in [-0.39, 0.29) is 6.04 Å². The van der Waals surface area contributed by atoms with Gasteiger partial charge in [-0.2, -0.15) is 0 Å². The largest absolute Gasteiger partial charge is 0.312 e. The Labute approximate surface area is 67.4 Å². The monoisotopic (exact) mass is 178 g/mol. The van der Waals surface area contributed by atoms with Gasteiger partial charge in [-0.05, 0) is 19.9 Å². The average Bonchev–Trinajstić information content (AvgIpc) is 1.50. The molecule has 4 nitrogen and oxygen atoms in total. The van der Waals surface area contributed by atoms with Gasteiger partial charge in [-0.15, -0.1) is 0 Å². The van der Waals surface area contributed by atoms with E-state index in [9.17, 15) is 8.42 Å². The zero-order valence-corrected chi connectivity index (χ0v) is 7.61. The standard InChI is InChI=1S/C6H14N2O2S/c1-5(6-3-4-7-6)8-11(2,9)10/h5-8H,3-4H2,1-2H3/t5?,6-/m0/s1. The molecule has 0 aromatic carbocycles. The van der Waals surface area contributed by atoms with Crippen LogP contribution in [0.2, 0.25) is 0 Å². The summed E-state index contributed by atoms with van der Waals surface area (Å²) in [7, 11) is -3.03. The molecular weight excluding hydrogens is 164 g/mol.